The first-order valence-corrected chi connectivity index (χ1v) is 12.0. The highest BCUT2D eigenvalue weighted by atomic mass is 35.5. The molecule has 3 aliphatic heterocycles. The molecule has 12 nitrogen and oxygen atoms in total. The highest BCUT2D eigenvalue weighted by Gasteiger charge is 2.53. The minimum absolute atomic E-state index is 0. The number of nitrogens with two attached hydrogens (primary N) is 1. The van der Waals surface area contributed by atoms with E-state index in [1.54, 1.807) is 5.38 Å². The summed E-state index contributed by atoms with van der Waals surface area (Å²) in [6, 6.07) is -0.891. The lowest BCUT2D eigenvalue weighted by Gasteiger charge is -2.51. The van der Waals surface area contributed by atoms with Crippen molar-refractivity contribution in [2.24, 2.45) is 5.16 Å². The number of oxime groups is 1. The Labute approximate surface area is 222 Å². The van der Waals surface area contributed by atoms with Crippen LogP contribution < -0.4 is 16.2 Å². The number of hydrogen-bond acceptors (Lipinski definition) is 10. The van der Waals surface area contributed by atoms with Gasteiger partial charge in [-0.1, -0.05) is 5.16 Å². The third-order valence-corrected chi connectivity index (χ3v) is 7.92. The van der Waals surface area contributed by atoms with Crippen LogP contribution in [0.25, 0.3) is 0 Å². The maximum atomic E-state index is 12.9. The molecule has 1 aromatic rings. The molecule has 5 N–H and O–H groups in total. The summed E-state index contributed by atoms with van der Waals surface area (Å²) in [6.45, 7) is 2.53. The monoisotopic (exact) mass is 570 g/mol. The van der Waals surface area contributed by atoms with E-state index in [2.05, 4.69) is 22.5 Å². The zero-order chi connectivity index (χ0) is 23.0. The van der Waals surface area contributed by atoms with Gasteiger partial charge in [-0.05, 0) is 0 Å². The van der Waals surface area contributed by atoms with Crippen molar-refractivity contribution in [1.29, 1.82) is 0 Å². The topological polar surface area (TPSA) is 182 Å². The lowest BCUT2D eigenvalue weighted by molar-refractivity contribution is -0.893. The number of likely N-dealkylation sites (tertiary alicyclic amines) is 1. The van der Waals surface area contributed by atoms with Crippen LogP contribution in [0.4, 0.5) is 5.13 Å². The number of aromatic nitrogens is 1. The van der Waals surface area contributed by atoms with Crippen LogP contribution in [-0.2, 0) is 19.2 Å². The summed E-state index contributed by atoms with van der Waals surface area (Å²) in [7, 11) is 3.39. The molecule has 0 saturated carbocycles. The molecular formula is C19H28Cl2N6O6S2. The van der Waals surface area contributed by atoms with Crippen molar-refractivity contribution >= 4 is 76.5 Å². The number of nitrogens with one attached hydrogen (secondary N) is 1. The van der Waals surface area contributed by atoms with E-state index in [0.29, 0.717) is 17.9 Å². The second-order valence-corrected chi connectivity index (χ2v) is 10.2. The lowest BCUT2D eigenvalue weighted by atomic mass is 10.0. The van der Waals surface area contributed by atoms with E-state index >= 15 is 0 Å². The number of nitrogen functional groups attached to an aromatic ring is 1. The molecule has 0 spiro atoms. The summed E-state index contributed by atoms with van der Waals surface area (Å²) in [6.07, 6.45) is 2.21. The van der Waals surface area contributed by atoms with Crippen LogP contribution in [0.5, 0.6) is 0 Å². The van der Waals surface area contributed by atoms with Crippen LogP contribution in [-0.4, -0.2) is 94.3 Å². The lowest BCUT2D eigenvalue weighted by Crippen LogP contribution is -2.71. The fraction of sp³-hybridized carbons (Fsp3) is 0.526. The Bertz CT molecular complexity index is 1030. The molecule has 0 unspecified atom stereocenters. The Morgan fingerprint density at radius 3 is 2.57 bits per heavy atom. The van der Waals surface area contributed by atoms with Gasteiger partial charge in [-0.2, -0.15) is 0 Å². The number of carbonyl (C=O) groups excluding carboxylic acids is 3. The number of carboxylic acid groups (broad SMARTS) is 1. The van der Waals surface area contributed by atoms with Gasteiger partial charge in [0.1, 0.15) is 30.8 Å². The molecule has 35 heavy (non-hydrogen) atoms. The summed E-state index contributed by atoms with van der Waals surface area (Å²) < 4.78 is 0.757. The largest absolute Gasteiger partial charge is 0.543 e. The van der Waals surface area contributed by atoms with Crippen LogP contribution in [0.15, 0.2) is 21.8 Å². The second kappa shape index (κ2) is 12.2. The van der Waals surface area contributed by atoms with Crippen molar-refractivity contribution in [3.8, 4) is 0 Å². The van der Waals surface area contributed by atoms with Crippen molar-refractivity contribution in [2.75, 3.05) is 45.3 Å². The fourth-order valence-corrected chi connectivity index (χ4v) is 6.30. The Morgan fingerprint density at radius 1 is 1.37 bits per heavy atom. The van der Waals surface area contributed by atoms with E-state index in [4.69, 9.17) is 10.6 Å². The van der Waals surface area contributed by atoms with Gasteiger partial charge in [0.15, 0.2) is 10.8 Å². The normalized spacial score (nSPS) is 22.6. The molecule has 0 radical (unpaired) electrons. The number of likely N-dealkylation sites (N-methyl/N-ethyl adjacent to an activating group) is 1. The first-order chi connectivity index (χ1) is 15.2. The Kier molecular flexibility index (Phi) is 10.8. The van der Waals surface area contributed by atoms with Gasteiger partial charge < -0.3 is 35.7 Å². The number of aliphatic carboxylic acids is 1. The maximum absolute atomic E-state index is 12.9. The van der Waals surface area contributed by atoms with Gasteiger partial charge in [0, 0.05) is 29.5 Å². The minimum atomic E-state index is -1.37. The van der Waals surface area contributed by atoms with Gasteiger partial charge in [-0.3, -0.25) is 14.5 Å². The number of amides is 2. The predicted molar refractivity (Wildman–Crippen MR) is 135 cm³/mol. The number of anilines is 1. The quantitative estimate of drug-likeness (QED) is 0.176. The molecule has 3 aliphatic rings. The summed E-state index contributed by atoms with van der Waals surface area (Å²) >= 11 is 2.57. The highest BCUT2D eigenvalue weighted by Crippen LogP contribution is 2.41. The third-order valence-electron chi connectivity index (χ3n) is 5.91. The van der Waals surface area contributed by atoms with Crippen molar-refractivity contribution in [1.82, 2.24) is 15.2 Å². The summed E-state index contributed by atoms with van der Waals surface area (Å²) in [5.74, 6) is -2.06. The molecule has 0 aromatic carbocycles. The van der Waals surface area contributed by atoms with Crippen molar-refractivity contribution < 1.29 is 34.3 Å². The molecule has 196 valence electrons. The first-order valence-electron chi connectivity index (χ1n) is 10.1. The van der Waals surface area contributed by atoms with Crippen molar-refractivity contribution in [2.45, 2.75) is 24.3 Å². The highest BCUT2D eigenvalue weighted by molar-refractivity contribution is 8.00. The standard InChI is InChI=1S/C19H24N6O5S2.2ClH.H2O/c1-25(5-3-4-6-25)7-10-8-31-17-13(16(27)24(17)14(10)18(28)29)22-15(26)12(23-30-2)11-9-32-19(20)21-11;;;/h9,13,17H,3-8H2,1-2H3,(H3-,20,21,22,26,28,29);2*1H;1H2/t13-,17-;;;/m1.../s1. The molecule has 16 heteroatoms. The van der Waals surface area contributed by atoms with Crippen LogP contribution in [0.3, 0.4) is 0 Å². The van der Waals surface area contributed by atoms with Crippen molar-refractivity contribution in [3.63, 3.8) is 0 Å². The van der Waals surface area contributed by atoms with E-state index in [-0.39, 0.29) is 52.5 Å². The third kappa shape index (κ3) is 6.01. The average Bonchev–Trinajstić information content (AvgIpc) is 3.37. The SMILES string of the molecule is CON=C(C(=O)N[C@@H]1C(=O)N2C(C(=O)[O-])=C(C[N+]3(C)CCCC3)CS[C@H]12)c1csc(N)n1.Cl.Cl.O. The molecule has 2 amide bonds. The zero-order valence-corrected chi connectivity index (χ0v) is 22.3. The number of halogens is 2. The summed E-state index contributed by atoms with van der Waals surface area (Å²) in [5.41, 5.74) is 6.39. The Balaban J connectivity index is 0.00000204. The zero-order valence-electron chi connectivity index (χ0n) is 19.0. The summed E-state index contributed by atoms with van der Waals surface area (Å²) in [5, 5.41) is 19.6. The molecule has 2 saturated heterocycles. The number of carbonyl (C=O) groups is 3. The molecule has 4 rings (SSSR count). The van der Waals surface area contributed by atoms with E-state index in [1.165, 1.54) is 23.8 Å². The molecule has 2 fully saturated rings. The van der Waals surface area contributed by atoms with Crippen LogP contribution in [0.2, 0.25) is 0 Å². The van der Waals surface area contributed by atoms with E-state index in [1.807, 2.05) is 0 Å². The maximum Gasteiger partial charge on any atom is 0.276 e. The van der Waals surface area contributed by atoms with E-state index in [0.717, 1.165) is 41.8 Å². The van der Waals surface area contributed by atoms with Gasteiger partial charge in [-0.15, -0.1) is 47.9 Å². The van der Waals surface area contributed by atoms with Gasteiger partial charge in [0.05, 0.1) is 31.8 Å². The Hall–Kier alpha value is -2.10. The molecule has 0 aliphatic carbocycles. The van der Waals surface area contributed by atoms with Gasteiger partial charge in [-0.25, -0.2) is 4.98 Å². The number of quaternary nitrogens is 1. The predicted octanol–water partition coefficient (Wildman–Crippen LogP) is -1.26. The second-order valence-electron chi connectivity index (χ2n) is 8.23. The summed E-state index contributed by atoms with van der Waals surface area (Å²) in [4.78, 5) is 47.7. The molecule has 4 heterocycles. The molecule has 1 aromatic heterocycles. The molecular weight excluding hydrogens is 543 g/mol. The minimum Gasteiger partial charge on any atom is -0.543 e. The number of fused-ring (bicyclic) bond motifs is 1. The smallest absolute Gasteiger partial charge is 0.276 e. The number of nitrogens with zero attached hydrogens (tertiary/aromatic N) is 4. The van der Waals surface area contributed by atoms with E-state index < -0.39 is 29.2 Å². The first kappa shape index (κ1) is 30.9. The Morgan fingerprint density at radius 2 is 2.03 bits per heavy atom. The van der Waals surface area contributed by atoms with Gasteiger partial charge >= 0.3 is 0 Å². The van der Waals surface area contributed by atoms with Crippen LogP contribution >= 0.6 is 47.9 Å². The van der Waals surface area contributed by atoms with Gasteiger partial charge in [0.2, 0.25) is 0 Å². The number of hydrogen-bond donors (Lipinski definition) is 2. The molecule has 0 bridgehead atoms. The number of β-lactam (4-membered cyclic amide) rings is 1. The van der Waals surface area contributed by atoms with Crippen molar-refractivity contribution in [3.05, 3.63) is 22.3 Å². The number of rotatable bonds is 7. The number of thiazole rings is 1. The van der Waals surface area contributed by atoms with Crippen LogP contribution in [0, 0.1) is 0 Å². The van der Waals surface area contributed by atoms with Gasteiger partial charge in [0.25, 0.3) is 11.8 Å². The number of carboxylic acids is 1. The average molecular weight is 572 g/mol. The number of thioether (sulfide) groups is 1. The molecule has 2 atom stereocenters. The van der Waals surface area contributed by atoms with Crippen LogP contribution in [0.1, 0.15) is 18.5 Å². The van der Waals surface area contributed by atoms with E-state index in [9.17, 15) is 19.5 Å². The fourth-order valence-electron chi connectivity index (χ4n) is 4.41.